The van der Waals surface area contributed by atoms with Gasteiger partial charge < -0.3 is 5.48 Å². The van der Waals surface area contributed by atoms with Crippen molar-refractivity contribution in [2.24, 2.45) is 0 Å². The Morgan fingerprint density at radius 1 is 1.60 bits per heavy atom. The summed E-state index contributed by atoms with van der Waals surface area (Å²) in [5.41, 5.74) is 0. The third kappa shape index (κ3) is 17.5. The molecule has 0 saturated carbocycles. The minimum Gasteiger partial charge on any atom is -0.412 e. The van der Waals surface area contributed by atoms with Gasteiger partial charge in [-0.15, -0.1) is 0 Å². The fourth-order valence-electron chi connectivity index (χ4n) is 0. The molecule has 0 aromatic carbocycles. The molecule has 0 aliphatic heterocycles. The van der Waals surface area contributed by atoms with Gasteiger partial charge in [-0.05, 0) is 6.42 Å². The molecule has 0 saturated heterocycles. The maximum Gasteiger partial charge on any atom is 0.0891 e. The van der Waals surface area contributed by atoms with Crippen LogP contribution in [0.5, 0.6) is 0 Å². The van der Waals surface area contributed by atoms with Crippen LogP contribution in [0, 0.1) is 0 Å². The van der Waals surface area contributed by atoms with Gasteiger partial charge >= 0.3 is 0 Å². The Morgan fingerprint density at radius 2 is 1.80 bits per heavy atom. The molecule has 0 aliphatic rings. The van der Waals surface area contributed by atoms with Gasteiger partial charge in [-0.1, -0.05) is 6.92 Å². The van der Waals surface area contributed by atoms with Crippen molar-refractivity contribution in [1.82, 2.24) is 0 Å². The highest BCUT2D eigenvalue weighted by Crippen LogP contribution is 1.69. The Hall–Kier alpha value is -0.110. The van der Waals surface area contributed by atoms with E-state index in [0.717, 1.165) is 0 Å². The molecule has 0 rings (SSSR count). The molecular formula is C3H9FO. The van der Waals surface area contributed by atoms with Crippen molar-refractivity contribution in [3.05, 3.63) is 0 Å². The first-order valence-corrected chi connectivity index (χ1v) is 1.47. The minimum atomic E-state index is -0.181. The summed E-state index contributed by atoms with van der Waals surface area (Å²) < 4.78 is 10.7. The molecule has 0 heterocycles. The summed E-state index contributed by atoms with van der Waals surface area (Å²) in [7, 11) is 0. The molecule has 0 spiro atoms. The van der Waals surface area contributed by atoms with Gasteiger partial charge in [0.25, 0.3) is 0 Å². The van der Waals surface area contributed by atoms with Gasteiger partial charge in [0.05, 0.1) is 6.67 Å². The van der Waals surface area contributed by atoms with Crippen LogP contribution in [0.15, 0.2) is 0 Å². The smallest absolute Gasteiger partial charge is 0.0891 e. The Balaban J connectivity index is 0. The second-order valence-corrected chi connectivity index (χ2v) is 0.689. The van der Waals surface area contributed by atoms with Gasteiger partial charge in [0.15, 0.2) is 0 Å². The molecule has 1 nitrogen and oxygen atoms in total. The van der Waals surface area contributed by atoms with Crippen LogP contribution in [-0.2, 0) is 0 Å². The van der Waals surface area contributed by atoms with Crippen molar-refractivity contribution in [2.45, 2.75) is 13.3 Å². The lowest BCUT2D eigenvalue weighted by Crippen LogP contribution is -1.58. The molecule has 0 amide bonds. The summed E-state index contributed by atoms with van der Waals surface area (Å²) in [5, 5.41) is 0. The van der Waals surface area contributed by atoms with Crippen LogP contribution in [0.3, 0.4) is 0 Å². The second-order valence-electron chi connectivity index (χ2n) is 0.689. The van der Waals surface area contributed by atoms with E-state index >= 15 is 0 Å². The number of hydrogen-bond acceptors (Lipinski definition) is 0. The average molecular weight is 80.1 g/mol. The van der Waals surface area contributed by atoms with E-state index in [9.17, 15) is 4.39 Å². The van der Waals surface area contributed by atoms with Crippen molar-refractivity contribution >= 4 is 0 Å². The van der Waals surface area contributed by atoms with E-state index in [4.69, 9.17) is 0 Å². The SMILES string of the molecule is CCCF.O. The summed E-state index contributed by atoms with van der Waals surface area (Å²) >= 11 is 0. The molecular weight excluding hydrogens is 71.0 g/mol. The van der Waals surface area contributed by atoms with Crippen molar-refractivity contribution in [2.75, 3.05) is 6.67 Å². The van der Waals surface area contributed by atoms with Gasteiger partial charge in [0.1, 0.15) is 0 Å². The minimum absolute atomic E-state index is 0. The molecule has 0 aromatic heterocycles. The average Bonchev–Trinajstić information content (AvgIpc) is 1.37. The van der Waals surface area contributed by atoms with E-state index in [2.05, 4.69) is 0 Å². The van der Waals surface area contributed by atoms with Crippen LogP contribution in [0.2, 0.25) is 0 Å². The molecule has 2 N–H and O–H groups in total. The molecule has 0 atom stereocenters. The Bertz CT molecular complexity index is 8.85. The summed E-state index contributed by atoms with van der Waals surface area (Å²) in [6, 6.07) is 0. The third-order valence-electron chi connectivity index (χ3n) is 0.189. The number of hydrogen-bond donors (Lipinski definition) is 0. The van der Waals surface area contributed by atoms with E-state index in [1.165, 1.54) is 0 Å². The van der Waals surface area contributed by atoms with E-state index in [1.54, 1.807) is 6.92 Å². The molecule has 0 bridgehead atoms. The van der Waals surface area contributed by atoms with Crippen molar-refractivity contribution in [3.63, 3.8) is 0 Å². The highest BCUT2D eigenvalue weighted by molar-refractivity contribution is 4.11. The largest absolute Gasteiger partial charge is 0.412 e. The van der Waals surface area contributed by atoms with Gasteiger partial charge in [-0.2, -0.15) is 0 Å². The van der Waals surface area contributed by atoms with Crippen molar-refractivity contribution < 1.29 is 9.87 Å². The van der Waals surface area contributed by atoms with Crippen LogP contribution in [0.4, 0.5) is 4.39 Å². The van der Waals surface area contributed by atoms with Crippen molar-refractivity contribution in [3.8, 4) is 0 Å². The summed E-state index contributed by atoms with van der Waals surface area (Å²) in [6.45, 7) is 1.62. The molecule has 0 radical (unpaired) electrons. The first-order chi connectivity index (χ1) is 1.91. The second kappa shape index (κ2) is 9.10. The Labute approximate surface area is 31.1 Å². The van der Waals surface area contributed by atoms with E-state index in [1.807, 2.05) is 0 Å². The maximum atomic E-state index is 10.7. The zero-order valence-electron chi connectivity index (χ0n) is 3.29. The van der Waals surface area contributed by atoms with Crippen LogP contribution in [0.1, 0.15) is 13.3 Å². The monoisotopic (exact) mass is 80.1 g/mol. The van der Waals surface area contributed by atoms with Gasteiger partial charge in [-0.3, -0.25) is 4.39 Å². The van der Waals surface area contributed by atoms with E-state index in [0.29, 0.717) is 6.42 Å². The number of halogens is 1. The summed E-state index contributed by atoms with van der Waals surface area (Å²) in [4.78, 5) is 0. The van der Waals surface area contributed by atoms with Gasteiger partial charge in [0, 0.05) is 0 Å². The number of alkyl halides is 1. The topological polar surface area (TPSA) is 31.5 Å². The zero-order valence-corrected chi connectivity index (χ0v) is 3.29. The van der Waals surface area contributed by atoms with E-state index in [-0.39, 0.29) is 12.2 Å². The molecule has 34 valence electrons. The predicted molar refractivity (Wildman–Crippen MR) is 19.9 cm³/mol. The molecule has 0 fully saturated rings. The number of rotatable bonds is 1. The van der Waals surface area contributed by atoms with Crippen molar-refractivity contribution in [1.29, 1.82) is 0 Å². The summed E-state index contributed by atoms with van der Waals surface area (Å²) in [6.07, 6.45) is 0.653. The third-order valence-corrected chi connectivity index (χ3v) is 0.189. The maximum absolute atomic E-state index is 10.7. The standard InChI is InChI=1S/C3H7F.H2O/c1-2-3-4;/h2-3H2,1H3;1H2. The van der Waals surface area contributed by atoms with Crippen LogP contribution < -0.4 is 0 Å². The molecule has 0 unspecified atom stereocenters. The first-order valence-electron chi connectivity index (χ1n) is 1.47. The lowest BCUT2D eigenvalue weighted by molar-refractivity contribution is 0.487. The van der Waals surface area contributed by atoms with E-state index < -0.39 is 0 Å². The molecule has 2 heteroatoms. The predicted octanol–water partition coefficient (Wildman–Crippen LogP) is 0.541. The first kappa shape index (κ1) is 8.86. The quantitative estimate of drug-likeness (QED) is 0.440. The van der Waals surface area contributed by atoms with Gasteiger partial charge in [-0.25, -0.2) is 0 Å². The normalized spacial score (nSPS) is 6.00. The fraction of sp³-hybridized carbons (Fsp3) is 1.00. The molecule has 5 heavy (non-hydrogen) atoms. The van der Waals surface area contributed by atoms with Crippen LogP contribution in [0.25, 0.3) is 0 Å². The Kier molecular flexibility index (Phi) is 16.1. The Morgan fingerprint density at radius 3 is 1.80 bits per heavy atom. The fourth-order valence-corrected chi connectivity index (χ4v) is 0. The zero-order chi connectivity index (χ0) is 3.41. The molecule has 0 aromatic rings. The van der Waals surface area contributed by atoms with Crippen LogP contribution >= 0.6 is 0 Å². The highest BCUT2D eigenvalue weighted by Gasteiger charge is 1.60. The molecule has 0 aliphatic carbocycles. The lowest BCUT2D eigenvalue weighted by atomic mass is 10.6. The highest BCUT2D eigenvalue weighted by atomic mass is 19.1. The van der Waals surface area contributed by atoms with Crippen LogP contribution in [-0.4, -0.2) is 12.2 Å². The lowest BCUT2D eigenvalue weighted by Gasteiger charge is -1.64. The van der Waals surface area contributed by atoms with Gasteiger partial charge in [0.2, 0.25) is 0 Å². The summed E-state index contributed by atoms with van der Waals surface area (Å²) in [5.74, 6) is 0.